The standard InChI is InChI=1S/C49H33NO/c1-2-31-23-24-32-13-12-19-40-37-17-7-10-21-43(37)49(48(31)47(32)40)42-20-9-6-16-36(42)38-27-25-35(30-44(38)49)50(33-14-4-3-5-15-33)34-26-28-46-41(29-34)39-18-8-11-22-45(39)51-46/h3-30H,2H2,1H3. The Bertz CT molecular complexity index is 2860. The maximum Gasteiger partial charge on any atom is 0.135 e. The molecule has 1 aromatic heterocycles. The minimum atomic E-state index is -0.481. The smallest absolute Gasteiger partial charge is 0.135 e. The molecule has 0 saturated heterocycles. The highest BCUT2D eigenvalue weighted by Crippen LogP contribution is 2.63. The zero-order chi connectivity index (χ0) is 33.7. The van der Waals surface area contributed by atoms with Crippen LogP contribution < -0.4 is 4.90 Å². The number of fused-ring (bicyclic) bond motifs is 12. The molecule has 2 aliphatic carbocycles. The van der Waals surface area contributed by atoms with Crippen LogP contribution in [0.15, 0.2) is 174 Å². The first kappa shape index (κ1) is 28.5. The van der Waals surface area contributed by atoms with Crippen LogP contribution in [0, 0.1) is 0 Å². The van der Waals surface area contributed by atoms with E-state index in [1.165, 1.54) is 60.8 Å². The van der Waals surface area contributed by atoms with Crippen molar-refractivity contribution in [3.8, 4) is 22.3 Å². The van der Waals surface area contributed by atoms with Crippen LogP contribution in [0.25, 0.3) is 55.0 Å². The summed E-state index contributed by atoms with van der Waals surface area (Å²) < 4.78 is 6.26. The van der Waals surface area contributed by atoms with Gasteiger partial charge in [0.2, 0.25) is 0 Å². The molecule has 11 rings (SSSR count). The summed E-state index contributed by atoms with van der Waals surface area (Å²) in [4.78, 5) is 2.40. The van der Waals surface area contributed by atoms with E-state index in [-0.39, 0.29) is 0 Å². The number of hydrogen-bond donors (Lipinski definition) is 0. The van der Waals surface area contributed by atoms with Gasteiger partial charge in [0.05, 0.1) is 5.41 Å². The van der Waals surface area contributed by atoms with Gasteiger partial charge < -0.3 is 9.32 Å². The number of aryl methyl sites for hydroxylation is 1. The van der Waals surface area contributed by atoms with Crippen molar-refractivity contribution in [2.75, 3.05) is 4.90 Å². The third-order valence-electron chi connectivity index (χ3n) is 11.4. The van der Waals surface area contributed by atoms with Crippen LogP contribution in [0.5, 0.6) is 0 Å². The molecule has 1 atom stereocenters. The van der Waals surface area contributed by atoms with Crippen LogP contribution in [-0.2, 0) is 11.8 Å². The number of anilines is 3. The van der Waals surface area contributed by atoms with Crippen molar-refractivity contribution in [1.29, 1.82) is 0 Å². The van der Waals surface area contributed by atoms with Gasteiger partial charge in [0.15, 0.2) is 0 Å². The lowest BCUT2D eigenvalue weighted by molar-refractivity contribution is 0.669. The van der Waals surface area contributed by atoms with E-state index in [2.05, 4.69) is 170 Å². The Hall–Kier alpha value is -6.38. The third kappa shape index (κ3) is 3.77. The number of para-hydroxylation sites is 2. The summed E-state index contributed by atoms with van der Waals surface area (Å²) in [6.45, 7) is 2.31. The Morgan fingerprint density at radius 3 is 1.94 bits per heavy atom. The van der Waals surface area contributed by atoms with Gasteiger partial charge in [-0.1, -0.05) is 128 Å². The van der Waals surface area contributed by atoms with Gasteiger partial charge in [0.25, 0.3) is 0 Å². The van der Waals surface area contributed by atoms with Gasteiger partial charge >= 0.3 is 0 Å². The van der Waals surface area contributed by atoms with Crippen LogP contribution in [0.1, 0.15) is 34.7 Å². The number of benzene rings is 8. The molecule has 2 aliphatic rings. The van der Waals surface area contributed by atoms with Crippen LogP contribution in [0.3, 0.4) is 0 Å². The van der Waals surface area contributed by atoms with E-state index in [9.17, 15) is 0 Å². The van der Waals surface area contributed by atoms with Gasteiger partial charge in [-0.25, -0.2) is 0 Å². The van der Waals surface area contributed by atoms with Crippen LogP contribution >= 0.6 is 0 Å². The second-order valence-corrected chi connectivity index (χ2v) is 13.9. The molecule has 0 aliphatic heterocycles. The van der Waals surface area contributed by atoms with Gasteiger partial charge in [-0.3, -0.25) is 0 Å². The highest BCUT2D eigenvalue weighted by Gasteiger charge is 2.51. The van der Waals surface area contributed by atoms with Crippen LogP contribution in [-0.4, -0.2) is 0 Å². The predicted molar refractivity (Wildman–Crippen MR) is 212 cm³/mol. The van der Waals surface area contributed by atoms with E-state index in [1.807, 2.05) is 12.1 Å². The minimum absolute atomic E-state index is 0.481. The quantitative estimate of drug-likeness (QED) is 0.188. The summed E-state index contributed by atoms with van der Waals surface area (Å²) in [5.74, 6) is 0. The van der Waals surface area contributed by atoms with Crippen LogP contribution in [0.2, 0.25) is 0 Å². The lowest BCUT2D eigenvalue weighted by Crippen LogP contribution is -2.33. The van der Waals surface area contributed by atoms with Gasteiger partial charge in [-0.2, -0.15) is 0 Å². The molecule has 240 valence electrons. The molecular weight excluding hydrogens is 619 g/mol. The third-order valence-corrected chi connectivity index (χ3v) is 11.4. The predicted octanol–water partition coefficient (Wildman–Crippen LogP) is 13.1. The summed E-state index contributed by atoms with van der Waals surface area (Å²) >= 11 is 0. The van der Waals surface area contributed by atoms with Crippen molar-refractivity contribution >= 4 is 49.8 Å². The molecule has 9 aromatic rings. The van der Waals surface area contributed by atoms with E-state index >= 15 is 0 Å². The van der Waals surface area contributed by atoms with E-state index in [4.69, 9.17) is 4.42 Å². The Morgan fingerprint density at radius 2 is 1.12 bits per heavy atom. The summed E-state index contributed by atoms with van der Waals surface area (Å²) in [5.41, 5.74) is 16.8. The van der Waals surface area contributed by atoms with Gasteiger partial charge in [0, 0.05) is 27.8 Å². The number of nitrogens with zero attached hydrogens (tertiary/aromatic N) is 1. The molecule has 2 heteroatoms. The summed E-state index contributed by atoms with van der Waals surface area (Å²) in [6.07, 6.45) is 0.954. The Morgan fingerprint density at radius 1 is 0.471 bits per heavy atom. The van der Waals surface area contributed by atoms with Crippen molar-refractivity contribution in [3.05, 3.63) is 198 Å². The maximum atomic E-state index is 6.26. The Kier molecular flexibility index (Phi) is 5.89. The molecule has 2 nitrogen and oxygen atoms in total. The Labute approximate surface area is 296 Å². The minimum Gasteiger partial charge on any atom is -0.456 e. The van der Waals surface area contributed by atoms with Gasteiger partial charge in [-0.05, 0) is 116 Å². The molecule has 8 aromatic carbocycles. The van der Waals surface area contributed by atoms with Crippen molar-refractivity contribution in [1.82, 2.24) is 0 Å². The van der Waals surface area contributed by atoms with Gasteiger partial charge in [-0.15, -0.1) is 0 Å². The molecule has 1 unspecified atom stereocenters. The molecule has 0 amide bonds. The highest BCUT2D eigenvalue weighted by atomic mass is 16.3. The van der Waals surface area contributed by atoms with Crippen molar-refractivity contribution in [3.63, 3.8) is 0 Å². The van der Waals surface area contributed by atoms with E-state index in [0.29, 0.717) is 0 Å². The molecule has 0 radical (unpaired) electrons. The van der Waals surface area contributed by atoms with E-state index < -0.39 is 5.41 Å². The molecule has 0 bridgehead atoms. The molecule has 51 heavy (non-hydrogen) atoms. The largest absolute Gasteiger partial charge is 0.456 e. The number of rotatable bonds is 4. The first-order chi connectivity index (χ1) is 25.3. The SMILES string of the molecule is CCc1ccc2cccc3c2c1C1(c2ccccc2-c2ccc(N(c4ccccc4)c4ccc5oc6ccccc6c5c4)cc21)c1ccccc1-3. The number of furan rings is 1. The fourth-order valence-electron chi connectivity index (χ4n) is 9.39. The normalized spacial score (nSPS) is 15.3. The molecule has 0 fully saturated rings. The molecule has 0 saturated carbocycles. The molecular formula is C49H33NO. The average Bonchev–Trinajstić information content (AvgIpc) is 3.70. The van der Waals surface area contributed by atoms with Crippen LogP contribution in [0.4, 0.5) is 17.1 Å². The Balaban J connectivity index is 1.25. The second kappa shape index (κ2) is 10.6. The van der Waals surface area contributed by atoms with Crippen molar-refractivity contribution in [2.45, 2.75) is 18.8 Å². The van der Waals surface area contributed by atoms with E-state index in [0.717, 1.165) is 45.4 Å². The van der Waals surface area contributed by atoms with Crippen molar-refractivity contribution < 1.29 is 4.42 Å². The zero-order valence-corrected chi connectivity index (χ0v) is 28.2. The van der Waals surface area contributed by atoms with Crippen molar-refractivity contribution in [2.24, 2.45) is 0 Å². The summed E-state index contributed by atoms with van der Waals surface area (Å²) in [7, 11) is 0. The second-order valence-electron chi connectivity index (χ2n) is 13.9. The molecule has 1 spiro atoms. The number of hydrogen-bond acceptors (Lipinski definition) is 2. The summed E-state index contributed by atoms with van der Waals surface area (Å²) in [6, 6.07) is 62.6. The first-order valence-corrected chi connectivity index (χ1v) is 17.9. The lowest BCUT2D eigenvalue weighted by atomic mass is 9.60. The fraction of sp³-hybridized carbons (Fsp3) is 0.0612. The zero-order valence-electron chi connectivity index (χ0n) is 28.2. The molecule has 0 N–H and O–H groups in total. The molecule has 1 heterocycles. The van der Waals surface area contributed by atoms with Gasteiger partial charge in [0.1, 0.15) is 11.2 Å². The fourth-order valence-corrected chi connectivity index (χ4v) is 9.39. The van der Waals surface area contributed by atoms with E-state index in [1.54, 1.807) is 0 Å². The lowest BCUT2D eigenvalue weighted by Gasteiger charge is -2.41. The monoisotopic (exact) mass is 651 g/mol. The first-order valence-electron chi connectivity index (χ1n) is 17.9. The average molecular weight is 652 g/mol. The summed E-state index contributed by atoms with van der Waals surface area (Å²) in [5, 5.41) is 4.91. The highest BCUT2D eigenvalue weighted by molar-refractivity contribution is 6.09. The maximum absolute atomic E-state index is 6.26. The topological polar surface area (TPSA) is 16.4 Å².